The molecule has 0 saturated heterocycles. The van der Waals surface area contributed by atoms with Crippen LogP contribution in [0.4, 0.5) is 0 Å². The van der Waals surface area contributed by atoms with Crippen LogP contribution in [0.2, 0.25) is 0 Å². The minimum atomic E-state index is 0.153. The molecule has 3 rings (SSSR count). The highest BCUT2D eigenvalue weighted by Crippen LogP contribution is 2.37. The molecule has 0 aliphatic rings. The van der Waals surface area contributed by atoms with Crippen molar-refractivity contribution in [2.24, 2.45) is 0 Å². The molecule has 0 nitrogen and oxygen atoms in total. The minimum Gasteiger partial charge on any atom is -0.0620 e. The van der Waals surface area contributed by atoms with Crippen LogP contribution in [-0.2, 0) is 5.41 Å². The van der Waals surface area contributed by atoms with Crippen molar-refractivity contribution in [1.29, 1.82) is 0 Å². The van der Waals surface area contributed by atoms with Crippen molar-refractivity contribution >= 4 is 0 Å². The van der Waals surface area contributed by atoms with E-state index in [-0.39, 0.29) is 5.41 Å². The van der Waals surface area contributed by atoms with E-state index in [4.69, 9.17) is 0 Å². The lowest BCUT2D eigenvalue weighted by atomic mass is 9.83. The van der Waals surface area contributed by atoms with E-state index in [1.165, 1.54) is 38.9 Å². The van der Waals surface area contributed by atoms with Gasteiger partial charge in [-0.15, -0.1) is 0 Å². The molecule has 0 heterocycles. The summed E-state index contributed by atoms with van der Waals surface area (Å²) in [5.41, 5.74) is 9.44. The van der Waals surface area contributed by atoms with Crippen molar-refractivity contribution < 1.29 is 0 Å². The molecule has 3 aromatic rings. The highest BCUT2D eigenvalue weighted by Gasteiger charge is 2.17. The predicted molar refractivity (Wildman–Crippen MR) is 105 cm³/mol. The third-order valence-electron chi connectivity index (χ3n) is 4.76. The first-order chi connectivity index (χ1) is 11.4. The van der Waals surface area contributed by atoms with Crippen LogP contribution in [0.1, 0.15) is 37.5 Å². The molecule has 3 aromatic carbocycles. The lowest BCUT2D eigenvalue weighted by Crippen LogP contribution is -2.11. The van der Waals surface area contributed by atoms with Crippen LogP contribution >= 0.6 is 0 Å². The Bertz CT molecular complexity index is 863. The van der Waals surface area contributed by atoms with Crippen LogP contribution in [0.3, 0.4) is 0 Å². The SMILES string of the molecule is Cc1ccccc1-c1ccccc1-c1cc(C(C)(C)C)ccc1C. The van der Waals surface area contributed by atoms with Gasteiger partial charge >= 0.3 is 0 Å². The molecular weight excluding hydrogens is 288 g/mol. The second kappa shape index (κ2) is 6.28. The summed E-state index contributed by atoms with van der Waals surface area (Å²) in [5.74, 6) is 0. The van der Waals surface area contributed by atoms with Crippen molar-refractivity contribution in [2.45, 2.75) is 40.0 Å². The molecule has 0 aliphatic carbocycles. The van der Waals surface area contributed by atoms with Gasteiger partial charge in [0.2, 0.25) is 0 Å². The molecule has 0 aromatic heterocycles. The maximum atomic E-state index is 2.37. The highest BCUT2D eigenvalue weighted by molar-refractivity contribution is 5.86. The monoisotopic (exact) mass is 314 g/mol. The lowest BCUT2D eigenvalue weighted by molar-refractivity contribution is 0.590. The van der Waals surface area contributed by atoms with Crippen molar-refractivity contribution in [3.05, 3.63) is 83.4 Å². The summed E-state index contributed by atoms with van der Waals surface area (Å²) >= 11 is 0. The quantitative estimate of drug-likeness (QED) is 0.481. The number of rotatable bonds is 2. The van der Waals surface area contributed by atoms with Crippen LogP contribution in [0.25, 0.3) is 22.3 Å². The Morgan fingerprint density at radius 2 is 1.04 bits per heavy atom. The van der Waals surface area contributed by atoms with Gasteiger partial charge in [0.1, 0.15) is 0 Å². The van der Waals surface area contributed by atoms with Gasteiger partial charge < -0.3 is 0 Å². The zero-order valence-corrected chi connectivity index (χ0v) is 15.4. The normalized spacial score (nSPS) is 11.5. The average molecular weight is 314 g/mol. The number of aryl methyl sites for hydroxylation is 2. The van der Waals surface area contributed by atoms with Crippen molar-refractivity contribution in [3.63, 3.8) is 0 Å². The van der Waals surface area contributed by atoms with E-state index >= 15 is 0 Å². The van der Waals surface area contributed by atoms with Crippen LogP contribution in [0.15, 0.2) is 66.7 Å². The summed E-state index contributed by atoms with van der Waals surface area (Å²) in [4.78, 5) is 0. The van der Waals surface area contributed by atoms with Crippen molar-refractivity contribution in [2.75, 3.05) is 0 Å². The van der Waals surface area contributed by atoms with Gasteiger partial charge in [-0.25, -0.2) is 0 Å². The van der Waals surface area contributed by atoms with E-state index in [0.717, 1.165) is 0 Å². The van der Waals surface area contributed by atoms with Gasteiger partial charge in [-0.1, -0.05) is 87.5 Å². The summed E-state index contributed by atoms with van der Waals surface area (Å²) in [6.07, 6.45) is 0. The summed E-state index contributed by atoms with van der Waals surface area (Å²) in [6, 6.07) is 24.3. The Morgan fingerprint density at radius 3 is 1.62 bits per heavy atom. The maximum Gasteiger partial charge on any atom is -0.0103 e. The Hall–Kier alpha value is -2.34. The molecule has 0 heteroatoms. The van der Waals surface area contributed by atoms with Crippen molar-refractivity contribution in [3.8, 4) is 22.3 Å². The van der Waals surface area contributed by atoms with Crippen LogP contribution in [0.5, 0.6) is 0 Å². The molecule has 0 saturated carbocycles. The van der Waals surface area contributed by atoms with E-state index in [0.29, 0.717) is 0 Å². The van der Waals surface area contributed by atoms with E-state index in [9.17, 15) is 0 Å². The smallest absolute Gasteiger partial charge is 0.0103 e. The van der Waals surface area contributed by atoms with Gasteiger partial charge in [0, 0.05) is 0 Å². The maximum absolute atomic E-state index is 2.37. The lowest BCUT2D eigenvalue weighted by Gasteiger charge is -2.22. The van der Waals surface area contributed by atoms with E-state index in [2.05, 4.69) is 101 Å². The third kappa shape index (κ3) is 3.14. The largest absolute Gasteiger partial charge is 0.0620 e. The molecule has 0 N–H and O–H groups in total. The highest BCUT2D eigenvalue weighted by atomic mass is 14.2. The zero-order valence-electron chi connectivity index (χ0n) is 15.4. The van der Waals surface area contributed by atoms with Gasteiger partial charge in [0.25, 0.3) is 0 Å². The topological polar surface area (TPSA) is 0 Å². The zero-order chi connectivity index (χ0) is 17.3. The first-order valence-corrected chi connectivity index (χ1v) is 8.64. The molecule has 0 unspecified atom stereocenters. The van der Waals surface area contributed by atoms with Crippen LogP contribution < -0.4 is 0 Å². The first kappa shape index (κ1) is 16.5. The summed E-state index contributed by atoms with van der Waals surface area (Å²) < 4.78 is 0. The van der Waals surface area contributed by atoms with E-state index in [1.807, 2.05) is 0 Å². The molecule has 24 heavy (non-hydrogen) atoms. The Balaban J connectivity index is 2.24. The van der Waals surface area contributed by atoms with Crippen LogP contribution in [-0.4, -0.2) is 0 Å². The second-order valence-electron chi connectivity index (χ2n) is 7.64. The molecule has 0 fully saturated rings. The fraction of sp³-hybridized carbons (Fsp3) is 0.250. The molecular formula is C24H26. The van der Waals surface area contributed by atoms with E-state index in [1.54, 1.807) is 0 Å². The number of hydrogen-bond donors (Lipinski definition) is 0. The third-order valence-corrected chi connectivity index (χ3v) is 4.76. The molecule has 0 radical (unpaired) electrons. The molecule has 0 spiro atoms. The van der Waals surface area contributed by atoms with E-state index < -0.39 is 0 Å². The Kier molecular flexibility index (Phi) is 4.32. The summed E-state index contributed by atoms with van der Waals surface area (Å²) in [7, 11) is 0. The van der Waals surface area contributed by atoms with Gasteiger partial charge in [0.15, 0.2) is 0 Å². The number of benzene rings is 3. The van der Waals surface area contributed by atoms with Crippen LogP contribution in [0, 0.1) is 13.8 Å². The Labute approximate surface area is 146 Å². The summed E-state index contributed by atoms with van der Waals surface area (Å²) in [6.45, 7) is 11.2. The first-order valence-electron chi connectivity index (χ1n) is 8.64. The Morgan fingerprint density at radius 1 is 0.542 bits per heavy atom. The molecule has 122 valence electrons. The summed E-state index contributed by atoms with van der Waals surface area (Å²) in [5, 5.41) is 0. The van der Waals surface area contributed by atoms with Gasteiger partial charge in [-0.3, -0.25) is 0 Å². The number of hydrogen-bond acceptors (Lipinski definition) is 0. The second-order valence-corrected chi connectivity index (χ2v) is 7.64. The van der Waals surface area contributed by atoms with Crippen molar-refractivity contribution in [1.82, 2.24) is 0 Å². The molecule has 0 atom stereocenters. The van der Waals surface area contributed by atoms with Gasteiger partial charge in [-0.2, -0.15) is 0 Å². The standard InChI is InChI=1S/C24H26/c1-17-10-6-7-11-20(17)21-12-8-9-13-22(21)23-16-19(24(3,4)5)15-14-18(23)2/h6-16H,1-5H3. The molecule has 0 aliphatic heterocycles. The predicted octanol–water partition coefficient (Wildman–Crippen LogP) is 6.93. The molecule has 0 bridgehead atoms. The van der Waals surface area contributed by atoms with Gasteiger partial charge in [-0.05, 0) is 58.2 Å². The average Bonchev–Trinajstić information content (AvgIpc) is 2.55. The minimum absolute atomic E-state index is 0.153. The fourth-order valence-electron chi connectivity index (χ4n) is 3.21. The fourth-order valence-corrected chi connectivity index (χ4v) is 3.21. The molecule has 0 amide bonds. The van der Waals surface area contributed by atoms with Gasteiger partial charge in [0.05, 0.1) is 0 Å².